The van der Waals surface area contributed by atoms with Crippen molar-refractivity contribution in [3.63, 3.8) is 0 Å². The van der Waals surface area contributed by atoms with Gasteiger partial charge in [-0.25, -0.2) is 0 Å². The number of carbonyl (C=O) groups excluding carboxylic acids is 1. The van der Waals surface area contributed by atoms with Gasteiger partial charge in [0.15, 0.2) is 6.10 Å². The molecule has 1 N–H and O–H groups in total. The lowest BCUT2D eigenvalue weighted by Gasteiger charge is -2.19. The second-order valence-corrected chi connectivity index (χ2v) is 6.41. The van der Waals surface area contributed by atoms with Crippen LogP contribution in [0.1, 0.15) is 31.0 Å². The van der Waals surface area contributed by atoms with Crippen molar-refractivity contribution in [2.75, 3.05) is 0 Å². The van der Waals surface area contributed by atoms with Gasteiger partial charge in [0.25, 0.3) is 5.91 Å². The monoisotopic (exact) mass is 333 g/mol. The number of aryl methyl sites for hydroxylation is 1. The van der Waals surface area contributed by atoms with E-state index in [2.05, 4.69) is 11.4 Å². The van der Waals surface area contributed by atoms with Crippen LogP contribution in [0.3, 0.4) is 0 Å². The maximum absolute atomic E-state index is 12.4. The van der Waals surface area contributed by atoms with Gasteiger partial charge in [-0.15, -0.1) is 0 Å². The molecule has 25 heavy (non-hydrogen) atoms. The number of fused-ring (bicyclic) bond motifs is 1. The Kier molecular flexibility index (Phi) is 5.03. The van der Waals surface area contributed by atoms with Crippen LogP contribution in [0, 0.1) is 6.92 Å². The first-order valence-corrected chi connectivity index (χ1v) is 8.55. The third-order valence-corrected chi connectivity index (χ3v) is 4.34. The van der Waals surface area contributed by atoms with Crippen LogP contribution in [-0.4, -0.2) is 12.0 Å². The first-order chi connectivity index (χ1) is 12.0. The fourth-order valence-corrected chi connectivity index (χ4v) is 2.77. The quantitative estimate of drug-likeness (QED) is 0.729. The Morgan fingerprint density at radius 2 is 1.60 bits per heavy atom. The summed E-state index contributed by atoms with van der Waals surface area (Å²) >= 11 is 0. The average Bonchev–Trinajstić information content (AvgIpc) is 2.62. The lowest BCUT2D eigenvalue weighted by atomic mass is 10.1. The predicted molar refractivity (Wildman–Crippen MR) is 102 cm³/mol. The number of hydrogen-bond donors (Lipinski definition) is 1. The molecule has 3 nitrogen and oxygen atoms in total. The van der Waals surface area contributed by atoms with E-state index in [9.17, 15) is 4.79 Å². The molecule has 0 radical (unpaired) electrons. The molecular formula is C22H23NO2. The second-order valence-electron chi connectivity index (χ2n) is 6.41. The van der Waals surface area contributed by atoms with E-state index in [-0.39, 0.29) is 11.9 Å². The fraction of sp³-hybridized carbons (Fsp3) is 0.227. The van der Waals surface area contributed by atoms with Crippen LogP contribution in [0.2, 0.25) is 0 Å². The number of rotatable bonds is 5. The van der Waals surface area contributed by atoms with Gasteiger partial charge in [0.2, 0.25) is 0 Å². The first kappa shape index (κ1) is 17.0. The molecule has 1 amide bonds. The van der Waals surface area contributed by atoms with Gasteiger partial charge in [-0.3, -0.25) is 4.79 Å². The maximum atomic E-state index is 12.4. The SMILES string of the molecule is Cc1ccc([C@@H](C)NC(=O)[C@@H](C)Oc2ccc3ccccc3c2)cc1. The molecule has 0 aromatic heterocycles. The van der Waals surface area contributed by atoms with Crippen LogP contribution in [0.25, 0.3) is 10.8 Å². The molecule has 0 aliphatic carbocycles. The summed E-state index contributed by atoms with van der Waals surface area (Å²) < 4.78 is 5.83. The molecule has 0 bridgehead atoms. The molecule has 0 heterocycles. The second kappa shape index (κ2) is 7.39. The lowest BCUT2D eigenvalue weighted by molar-refractivity contribution is -0.127. The van der Waals surface area contributed by atoms with Crippen molar-refractivity contribution in [2.45, 2.75) is 32.9 Å². The van der Waals surface area contributed by atoms with Crippen LogP contribution in [0.15, 0.2) is 66.7 Å². The molecule has 2 atom stereocenters. The van der Waals surface area contributed by atoms with Crippen LogP contribution in [-0.2, 0) is 4.79 Å². The highest BCUT2D eigenvalue weighted by Gasteiger charge is 2.17. The normalized spacial score (nSPS) is 13.2. The smallest absolute Gasteiger partial charge is 0.261 e. The van der Waals surface area contributed by atoms with Gasteiger partial charge < -0.3 is 10.1 Å². The van der Waals surface area contributed by atoms with Crippen molar-refractivity contribution >= 4 is 16.7 Å². The number of nitrogens with one attached hydrogen (secondary N) is 1. The maximum Gasteiger partial charge on any atom is 0.261 e. The molecule has 3 aromatic carbocycles. The third kappa shape index (κ3) is 4.18. The Morgan fingerprint density at radius 3 is 2.32 bits per heavy atom. The Balaban J connectivity index is 1.64. The highest BCUT2D eigenvalue weighted by atomic mass is 16.5. The molecule has 0 saturated heterocycles. The van der Waals surface area contributed by atoms with E-state index in [1.807, 2.05) is 74.5 Å². The van der Waals surface area contributed by atoms with Gasteiger partial charge in [0.1, 0.15) is 5.75 Å². The lowest BCUT2D eigenvalue weighted by Crippen LogP contribution is -2.37. The molecule has 0 fully saturated rings. The topological polar surface area (TPSA) is 38.3 Å². The summed E-state index contributed by atoms with van der Waals surface area (Å²) in [5, 5.41) is 5.26. The zero-order chi connectivity index (χ0) is 17.8. The average molecular weight is 333 g/mol. The molecule has 128 valence electrons. The van der Waals surface area contributed by atoms with Gasteiger partial charge in [-0.1, -0.05) is 60.2 Å². The van der Waals surface area contributed by atoms with Gasteiger partial charge in [-0.2, -0.15) is 0 Å². The first-order valence-electron chi connectivity index (χ1n) is 8.55. The van der Waals surface area contributed by atoms with Crippen molar-refractivity contribution < 1.29 is 9.53 Å². The summed E-state index contributed by atoms with van der Waals surface area (Å²) in [5.41, 5.74) is 2.28. The Bertz CT molecular complexity index is 871. The van der Waals surface area contributed by atoms with E-state index in [1.54, 1.807) is 6.92 Å². The minimum absolute atomic E-state index is 0.0595. The van der Waals surface area contributed by atoms with E-state index < -0.39 is 6.10 Å². The minimum Gasteiger partial charge on any atom is -0.481 e. The zero-order valence-corrected chi connectivity index (χ0v) is 14.8. The van der Waals surface area contributed by atoms with Crippen molar-refractivity contribution in [1.29, 1.82) is 0 Å². The van der Waals surface area contributed by atoms with E-state index in [0.29, 0.717) is 5.75 Å². The summed E-state index contributed by atoms with van der Waals surface area (Å²) in [6, 6.07) is 22.1. The minimum atomic E-state index is -0.561. The largest absolute Gasteiger partial charge is 0.481 e. The molecule has 0 saturated carbocycles. The van der Waals surface area contributed by atoms with Crippen molar-refractivity contribution in [3.8, 4) is 5.75 Å². The fourth-order valence-electron chi connectivity index (χ4n) is 2.77. The highest BCUT2D eigenvalue weighted by Crippen LogP contribution is 2.21. The predicted octanol–water partition coefficient (Wildman–Crippen LogP) is 4.79. The zero-order valence-electron chi connectivity index (χ0n) is 14.8. The summed E-state index contributed by atoms with van der Waals surface area (Å²) in [5.74, 6) is 0.575. The Labute approximate surface area is 148 Å². The summed E-state index contributed by atoms with van der Waals surface area (Å²) in [7, 11) is 0. The summed E-state index contributed by atoms with van der Waals surface area (Å²) in [6.45, 7) is 5.80. The molecule has 3 aromatic rings. The number of amides is 1. The molecular weight excluding hydrogens is 310 g/mol. The molecule has 0 aliphatic rings. The third-order valence-electron chi connectivity index (χ3n) is 4.34. The summed E-state index contributed by atoms with van der Waals surface area (Å²) in [4.78, 5) is 12.4. The van der Waals surface area contributed by atoms with Crippen LogP contribution in [0.4, 0.5) is 0 Å². The molecule has 0 spiro atoms. The van der Waals surface area contributed by atoms with Gasteiger partial charge >= 0.3 is 0 Å². The van der Waals surface area contributed by atoms with Crippen molar-refractivity contribution in [3.05, 3.63) is 77.9 Å². The molecule has 0 aliphatic heterocycles. The number of benzene rings is 3. The van der Waals surface area contributed by atoms with E-state index in [1.165, 1.54) is 5.56 Å². The molecule has 3 heteroatoms. The van der Waals surface area contributed by atoms with Crippen LogP contribution < -0.4 is 10.1 Å². The van der Waals surface area contributed by atoms with Crippen LogP contribution in [0.5, 0.6) is 5.75 Å². The van der Waals surface area contributed by atoms with Crippen molar-refractivity contribution in [1.82, 2.24) is 5.32 Å². The molecule has 3 rings (SSSR count). The van der Waals surface area contributed by atoms with Gasteiger partial charge in [0, 0.05) is 0 Å². The van der Waals surface area contributed by atoms with E-state index >= 15 is 0 Å². The number of carbonyl (C=O) groups is 1. The standard InChI is InChI=1S/C22H23NO2/c1-15-8-10-18(11-9-15)16(2)23-22(24)17(3)25-21-13-12-19-6-4-5-7-20(19)14-21/h4-14,16-17H,1-3H3,(H,23,24)/t16-,17-/m1/s1. The number of ether oxygens (including phenoxy) is 1. The highest BCUT2D eigenvalue weighted by molar-refractivity contribution is 5.84. The number of hydrogen-bond acceptors (Lipinski definition) is 2. The Morgan fingerprint density at radius 1 is 0.920 bits per heavy atom. The Hall–Kier alpha value is -2.81. The van der Waals surface area contributed by atoms with Gasteiger partial charge in [-0.05, 0) is 49.2 Å². The van der Waals surface area contributed by atoms with Gasteiger partial charge in [0.05, 0.1) is 6.04 Å². The molecule has 0 unspecified atom stereocenters. The van der Waals surface area contributed by atoms with E-state index in [0.717, 1.165) is 16.3 Å². The van der Waals surface area contributed by atoms with Crippen molar-refractivity contribution in [2.24, 2.45) is 0 Å². The summed E-state index contributed by atoms with van der Waals surface area (Å²) in [6.07, 6.45) is -0.561. The van der Waals surface area contributed by atoms with E-state index in [4.69, 9.17) is 4.74 Å². The van der Waals surface area contributed by atoms with Crippen LogP contribution >= 0.6 is 0 Å².